The summed E-state index contributed by atoms with van der Waals surface area (Å²) in [4.78, 5) is 10.3. The lowest BCUT2D eigenvalue weighted by Crippen LogP contribution is -1.88. The van der Waals surface area contributed by atoms with Gasteiger partial charge in [0.2, 0.25) is 0 Å². The Bertz CT molecular complexity index is 728. The van der Waals surface area contributed by atoms with Gasteiger partial charge in [-0.25, -0.2) is 0 Å². The fourth-order valence-corrected chi connectivity index (χ4v) is 1.85. The lowest BCUT2D eigenvalue weighted by atomic mass is 10.0. The molecular weight excluding hydrogens is 268 g/mol. The third-order valence-electron chi connectivity index (χ3n) is 2.91. The molecule has 0 fully saturated rings. The Morgan fingerprint density at radius 2 is 2.00 bits per heavy atom. The highest BCUT2D eigenvalue weighted by Crippen LogP contribution is 2.22. The van der Waals surface area contributed by atoms with Gasteiger partial charge in [-0.3, -0.25) is 10.1 Å². The van der Waals surface area contributed by atoms with Gasteiger partial charge in [0.25, 0.3) is 5.69 Å². The van der Waals surface area contributed by atoms with Crippen molar-refractivity contribution in [2.24, 2.45) is 0 Å². The van der Waals surface area contributed by atoms with Gasteiger partial charge in [-0.15, -0.1) is 0 Å². The lowest BCUT2D eigenvalue weighted by Gasteiger charge is -2.02. The topological polar surface area (TPSA) is 76.2 Å². The second kappa shape index (κ2) is 6.35. The van der Waals surface area contributed by atoms with E-state index in [4.69, 9.17) is 4.74 Å². The van der Waals surface area contributed by atoms with Gasteiger partial charge in [0.1, 0.15) is 5.75 Å². The molecule has 0 saturated carbocycles. The first-order valence-electron chi connectivity index (χ1n) is 6.14. The number of allylic oxidation sites excluding steroid dienone is 1. The highest BCUT2D eigenvalue weighted by atomic mass is 16.6. The van der Waals surface area contributed by atoms with Crippen LogP contribution in [0, 0.1) is 21.4 Å². The zero-order chi connectivity index (χ0) is 15.2. The Morgan fingerprint density at radius 3 is 2.57 bits per heavy atom. The summed E-state index contributed by atoms with van der Waals surface area (Å²) in [5, 5.41) is 20.0. The van der Waals surface area contributed by atoms with Gasteiger partial charge in [-0.1, -0.05) is 12.1 Å². The molecule has 0 aliphatic carbocycles. The number of nitriles is 1. The van der Waals surface area contributed by atoms with E-state index in [-0.39, 0.29) is 5.69 Å². The molecule has 0 amide bonds. The normalized spacial score (nSPS) is 10.8. The average molecular weight is 280 g/mol. The van der Waals surface area contributed by atoms with Crippen molar-refractivity contribution in [1.82, 2.24) is 0 Å². The molecule has 0 aromatic heterocycles. The number of hydrogen-bond donors (Lipinski definition) is 0. The zero-order valence-corrected chi connectivity index (χ0v) is 11.3. The zero-order valence-electron chi connectivity index (χ0n) is 11.3. The SMILES string of the molecule is COc1ccc(C(C#N)=Cc2cccc([N+](=O)[O-])c2)cc1. The summed E-state index contributed by atoms with van der Waals surface area (Å²) < 4.78 is 5.07. The quantitative estimate of drug-likeness (QED) is 0.370. The summed E-state index contributed by atoms with van der Waals surface area (Å²) in [7, 11) is 1.57. The molecule has 0 atom stereocenters. The molecule has 2 rings (SSSR count). The molecule has 0 unspecified atom stereocenters. The lowest BCUT2D eigenvalue weighted by molar-refractivity contribution is -0.384. The van der Waals surface area contributed by atoms with Crippen LogP contribution in [0.2, 0.25) is 0 Å². The molecule has 2 aromatic carbocycles. The second-order valence-electron chi connectivity index (χ2n) is 4.25. The fourth-order valence-electron chi connectivity index (χ4n) is 1.85. The Labute approximate surface area is 121 Å². The minimum absolute atomic E-state index is 0.00392. The predicted octanol–water partition coefficient (Wildman–Crippen LogP) is 3.67. The third kappa shape index (κ3) is 3.45. The van der Waals surface area contributed by atoms with Crippen LogP contribution in [0.4, 0.5) is 5.69 Å². The highest BCUT2D eigenvalue weighted by Gasteiger charge is 2.06. The second-order valence-corrected chi connectivity index (χ2v) is 4.25. The summed E-state index contributed by atoms with van der Waals surface area (Å²) in [5.41, 5.74) is 1.76. The van der Waals surface area contributed by atoms with E-state index in [0.717, 1.165) is 5.56 Å². The number of hydrogen-bond acceptors (Lipinski definition) is 4. The van der Waals surface area contributed by atoms with Crippen LogP contribution < -0.4 is 4.74 Å². The molecule has 5 nitrogen and oxygen atoms in total. The molecule has 0 bridgehead atoms. The first kappa shape index (κ1) is 14.3. The molecule has 0 heterocycles. The van der Waals surface area contributed by atoms with Crippen molar-refractivity contribution < 1.29 is 9.66 Å². The Morgan fingerprint density at radius 1 is 1.29 bits per heavy atom. The van der Waals surface area contributed by atoms with E-state index >= 15 is 0 Å². The van der Waals surface area contributed by atoms with Gasteiger partial charge in [-0.05, 0) is 41.5 Å². The largest absolute Gasteiger partial charge is 0.497 e. The molecule has 0 radical (unpaired) electrons. The molecule has 0 spiro atoms. The predicted molar refractivity (Wildman–Crippen MR) is 79.6 cm³/mol. The maximum absolute atomic E-state index is 10.8. The summed E-state index contributed by atoms with van der Waals surface area (Å²) in [6.45, 7) is 0. The Hall–Kier alpha value is -3.13. The molecule has 2 aromatic rings. The van der Waals surface area contributed by atoms with Crippen molar-refractivity contribution in [3.8, 4) is 11.8 Å². The van der Waals surface area contributed by atoms with Crippen LogP contribution in [-0.4, -0.2) is 12.0 Å². The van der Waals surface area contributed by atoms with Crippen LogP contribution in [0.15, 0.2) is 48.5 Å². The molecule has 5 heteroatoms. The minimum Gasteiger partial charge on any atom is -0.497 e. The van der Waals surface area contributed by atoms with Gasteiger partial charge >= 0.3 is 0 Å². The molecule has 0 aliphatic heterocycles. The molecule has 0 saturated heterocycles. The van der Waals surface area contributed by atoms with E-state index in [2.05, 4.69) is 6.07 Å². The number of rotatable bonds is 4. The summed E-state index contributed by atoms with van der Waals surface area (Å²) in [6, 6.07) is 15.3. The third-order valence-corrected chi connectivity index (χ3v) is 2.91. The van der Waals surface area contributed by atoms with E-state index < -0.39 is 4.92 Å². The number of benzene rings is 2. The Balaban J connectivity index is 2.38. The summed E-state index contributed by atoms with van der Waals surface area (Å²) in [5.74, 6) is 0.700. The Kier molecular flexibility index (Phi) is 4.32. The molecule has 0 N–H and O–H groups in total. The first-order chi connectivity index (χ1) is 10.1. The van der Waals surface area contributed by atoms with Crippen LogP contribution in [0.5, 0.6) is 5.75 Å². The van der Waals surface area contributed by atoms with E-state index in [9.17, 15) is 15.4 Å². The van der Waals surface area contributed by atoms with Crippen molar-refractivity contribution in [3.63, 3.8) is 0 Å². The van der Waals surface area contributed by atoms with Crippen molar-refractivity contribution in [2.75, 3.05) is 7.11 Å². The van der Waals surface area contributed by atoms with Gasteiger partial charge in [0.05, 0.1) is 23.7 Å². The van der Waals surface area contributed by atoms with Crippen molar-refractivity contribution in [3.05, 3.63) is 69.8 Å². The number of nitrogens with zero attached hydrogens (tertiary/aromatic N) is 2. The summed E-state index contributed by atoms with van der Waals surface area (Å²) in [6.07, 6.45) is 1.62. The van der Waals surface area contributed by atoms with Crippen LogP contribution >= 0.6 is 0 Å². The number of methoxy groups -OCH3 is 1. The minimum atomic E-state index is -0.462. The fraction of sp³-hybridized carbons (Fsp3) is 0.0625. The van der Waals surface area contributed by atoms with Crippen LogP contribution in [-0.2, 0) is 0 Å². The van der Waals surface area contributed by atoms with E-state index in [1.807, 2.05) is 0 Å². The molecule has 0 aliphatic rings. The smallest absolute Gasteiger partial charge is 0.270 e. The maximum Gasteiger partial charge on any atom is 0.270 e. The first-order valence-corrected chi connectivity index (χ1v) is 6.14. The van der Waals surface area contributed by atoms with Gasteiger partial charge in [0.15, 0.2) is 0 Å². The maximum atomic E-state index is 10.8. The van der Waals surface area contributed by atoms with Crippen LogP contribution in [0.25, 0.3) is 11.6 Å². The van der Waals surface area contributed by atoms with Crippen molar-refractivity contribution in [2.45, 2.75) is 0 Å². The number of ether oxygens (including phenoxy) is 1. The summed E-state index contributed by atoms with van der Waals surface area (Å²) >= 11 is 0. The van der Waals surface area contributed by atoms with E-state index in [1.165, 1.54) is 12.1 Å². The monoisotopic (exact) mass is 280 g/mol. The number of nitro benzene ring substituents is 1. The van der Waals surface area contributed by atoms with Gasteiger partial charge < -0.3 is 4.74 Å². The number of nitro groups is 1. The van der Waals surface area contributed by atoms with Crippen LogP contribution in [0.1, 0.15) is 11.1 Å². The average Bonchev–Trinajstić information content (AvgIpc) is 2.53. The van der Waals surface area contributed by atoms with Gasteiger partial charge in [0, 0.05) is 12.1 Å². The van der Waals surface area contributed by atoms with E-state index in [0.29, 0.717) is 16.9 Å². The van der Waals surface area contributed by atoms with Crippen molar-refractivity contribution >= 4 is 17.3 Å². The highest BCUT2D eigenvalue weighted by molar-refractivity contribution is 5.89. The van der Waals surface area contributed by atoms with Crippen LogP contribution in [0.3, 0.4) is 0 Å². The van der Waals surface area contributed by atoms with Crippen molar-refractivity contribution in [1.29, 1.82) is 5.26 Å². The standard InChI is InChI=1S/C16H12N2O3/c1-21-16-7-5-13(6-8-16)14(11-17)9-12-3-2-4-15(10-12)18(19)20/h2-10H,1H3. The van der Waals surface area contributed by atoms with Gasteiger partial charge in [-0.2, -0.15) is 5.26 Å². The molecular formula is C16H12N2O3. The molecule has 21 heavy (non-hydrogen) atoms. The molecule has 104 valence electrons. The number of non-ortho nitro benzene ring substituents is 1. The van der Waals surface area contributed by atoms with E-state index in [1.54, 1.807) is 49.6 Å².